The van der Waals surface area contributed by atoms with Crippen LogP contribution in [-0.4, -0.2) is 35.8 Å². The van der Waals surface area contributed by atoms with Crippen LogP contribution in [0.1, 0.15) is 15.9 Å². The maximum absolute atomic E-state index is 13.4. The number of aromatic carboxylic acids is 1. The van der Waals surface area contributed by atoms with Crippen molar-refractivity contribution in [1.29, 1.82) is 0 Å². The number of aromatic nitrogens is 2. The molecule has 3 N–H and O–H groups in total. The van der Waals surface area contributed by atoms with E-state index in [0.29, 0.717) is 6.07 Å². The van der Waals surface area contributed by atoms with Gasteiger partial charge in [-0.15, -0.1) is 0 Å². The third kappa shape index (κ3) is 3.38. The highest BCUT2D eigenvalue weighted by Gasteiger charge is 2.36. The van der Waals surface area contributed by atoms with Crippen LogP contribution in [0.5, 0.6) is 11.5 Å². The third-order valence-corrected chi connectivity index (χ3v) is 4.41. The summed E-state index contributed by atoms with van der Waals surface area (Å²) < 4.78 is 41.4. The van der Waals surface area contributed by atoms with Crippen molar-refractivity contribution in [2.45, 2.75) is 6.18 Å². The van der Waals surface area contributed by atoms with Gasteiger partial charge in [-0.3, -0.25) is 15.1 Å². The molecule has 12 heteroatoms. The van der Waals surface area contributed by atoms with Gasteiger partial charge in [-0.25, -0.2) is 4.79 Å². The highest BCUT2D eigenvalue weighted by atomic mass is 19.4. The van der Waals surface area contributed by atoms with Gasteiger partial charge in [-0.05, 0) is 18.2 Å². The van der Waals surface area contributed by atoms with E-state index < -0.39 is 50.9 Å². The van der Waals surface area contributed by atoms with Crippen molar-refractivity contribution in [1.82, 2.24) is 9.55 Å². The van der Waals surface area contributed by atoms with Gasteiger partial charge < -0.3 is 19.9 Å². The Balaban J connectivity index is 2.35. The fourth-order valence-corrected chi connectivity index (χ4v) is 3.09. The molecule has 3 rings (SSSR count). The second kappa shape index (κ2) is 7.06. The van der Waals surface area contributed by atoms with E-state index in [9.17, 15) is 43.4 Å². The number of benzene rings is 1. The zero-order valence-corrected chi connectivity index (χ0v) is 15.0. The molecule has 0 aliphatic heterocycles. The number of carboxylic acids is 1. The number of alkyl halides is 3. The average molecular weight is 423 g/mol. The molecule has 3 aromatic rings. The zero-order valence-electron chi connectivity index (χ0n) is 15.0. The maximum Gasteiger partial charge on any atom is 0.417 e. The van der Waals surface area contributed by atoms with Crippen LogP contribution in [0, 0.1) is 10.1 Å². The lowest BCUT2D eigenvalue weighted by molar-refractivity contribution is -0.385. The summed E-state index contributed by atoms with van der Waals surface area (Å²) >= 11 is 0. The highest BCUT2D eigenvalue weighted by molar-refractivity contribution is 5.98. The Hall–Kier alpha value is -4.09. The second-order valence-corrected chi connectivity index (χ2v) is 6.20. The summed E-state index contributed by atoms with van der Waals surface area (Å²) in [5, 5.41) is 40.1. The maximum atomic E-state index is 13.4. The molecule has 0 atom stereocenters. The minimum atomic E-state index is -4.80. The van der Waals surface area contributed by atoms with Crippen LogP contribution >= 0.6 is 0 Å². The predicted molar refractivity (Wildman–Crippen MR) is 96.0 cm³/mol. The van der Waals surface area contributed by atoms with E-state index >= 15 is 0 Å². The molecule has 0 spiro atoms. The minimum absolute atomic E-state index is 0.0437. The molecule has 0 radical (unpaired) electrons. The number of phenolic OH excluding ortho intramolecular Hbond substituents is 2. The molecule has 30 heavy (non-hydrogen) atoms. The summed E-state index contributed by atoms with van der Waals surface area (Å²) in [5.41, 5.74) is -3.47. The Kier molecular flexibility index (Phi) is 4.86. The van der Waals surface area contributed by atoms with Gasteiger partial charge >= 0.3 is 17.8 Å². The number of hydrogen-bond acceptors (Lipinski definition) is 6. The van der Waals surface area contributed by atoms with E-state index in [1.165, 1.54) is 7.05 Å². The van der Waals surface area contributed by atoms with Crippen molar-refractivity contribution in [2.24, 2.45) is 7.05 Å². The summed E-state index contributed by atoms with van der Waals surface area (Å²) in [6, 6.07) is 3.51. The summed E-state index contributed by atoms with van der Waals surface area (Å²) in [6.07, 6.45) is -3.02. The van der Waals surface area contributed by atoms with Crippen LogP contribution in [0.25, 0.3) is 22.5 Å². The Morgan fingerprint density at radius 1 is 1.23 bits per heavy atom. The number of rotatable bonds is 4. The van der Waals surface area contributed by atoms with Crippen molar-refractivity contribution < 1.29 is 38.2 Å². The molecule has 2 aromatic heterocycles. The molecule has 0 fully saturated rings. The van der Waals surface area contributed by atoms with Gasteiger partial charge in [0.1, 0.15) is 0 Å². The number of carbonyl (C=O) groups is 1. The predicted octanol–water partition coefficient (Wildman–Crippen LogP) is 3.79. The molecule has 0 saturated heterocycles. The van der Waals surface area contributed by atoms with E-state index in [0.717, 1.165) is 35.2 Å². The first kappa shape index (κ1) is 20.6. The van der Waals surface area contributed by atoms with Crippen molar-refractivity contribution in [3.8, 4) is 34.0 Å². The SMILES string of the molecule is Cn1c(-c2cc(O)c(O)c([N+](=O)[O-])c2)cc(C(=O)O)c1-c1cnccc1C(F)(F)F. The number of nitro benzene ring substituents is 1. The first-order valence-electron chi connectivity index (χ1n) is 8.08. The van der Waals surface area contributed by atoms with Gasteiger partial charge in [0.2, 0.25) is 5.75 Å². The van der Waals surface area contributed by atoms with Crippen molar-refractivity contribution in [3.63, 3.8) is 0 Å². The Morgan fingerprint density at radius 2 is 1.90 bits per heavy atom. The van der Waals surface area contributed by atoms with Crippen molar-refractivity contribution in [3.05, 3.63) is 57.9 Å². The molecule has 0 unspecified atom stereocenters. The lowest BCUT2D eigenvalue weighted by Gasteiger charge is -2.15. The van der Waals surface area contributed by atoms with Crippen LogP contribution in [0.4, 0.5) is 18.9 Å². The molecule has 0 bridgehead atoms. The molecule has 0 aliphatic carbocycles. The summed E-state index contributed by atoms with van der Waals surface area (Å²) in [6.45, 7) is 0. The van der Waals surface area contributed by atoms with Gasteiger partial charge in [0, 0.05) is 42.3 Å². The molecule has 2 heterocycles. The van der Waals surface area contributed by atoms with Gasteiger partial charge in [-0.2, -0.15) is 13.2 Å². The normalized spacial score (nSPS) is 11.5. The van der Waals surface area contributed by atoms with Gasteiger partial charge in [0.25, 0.3) is 0 Å². The second-order valence-electron chi connectivity index (χ2n) is 6.20. The fourth-order valence-electron chi connectivity index (χ4n) is 3.09. The lowest BCUT2D eigenvalue weighted by atomic mass is 10.0. The molecule has 156 valence electrons. The van der Waals surface area contributed by atoms with Gasteiger partial charge in [-0.1, -0.05) is 0 Å². The average Bonchev–Trinajstić information content (AvgIpc) is 3.00. The van der Waals surface area contributed by atoms with Crippen molar-refractivity contribution >= 4 is 11.7 Å². The van der Waals surface area contributed by atoms with Crippen LogP contribution in [-0.2, 0) is 13.2 Å². The lowest BCUT2D eigenvalue weighted by Crippen LogP contribution is -2.10. The molecular weight excluding hydrogens is 411 g/mol. The molecule has 1 aromatic carbocycles. The zero-order chi connectivity index (χ0) is 22.4. The number of aromatic hydroxyl groups is 2. The number of halogens is 3. The number of pyridine rings is 1. The topological polar surface area (TPSA) is 139 Å². The summed E-state index contributed by atoms with van der Waals surface area (Å²) in [5.74, 6) is -3.39. The van der Waals surface area contributed by atoms with Crippen molar-refractivity contribution in [2.75, 3.05) is 0 Å². The standard InChI is InChI=1S/C18H12F3N3O6/c1-23-12(8-4-13(24(29)30)16(26)14(25)5-8)6-9(17(27)28)15(23)10-7-22-3-2-11(10)18(19,20)21/h2-7,25-26H,1H3,(H,27,28). The molecule has 0 amide bonds. The van der Waals surface area contributed by atoms with E-state index in [1.54, 1.807) is 0 Å². The molecule has 0 saturated carbocycles. The monoisotopic (exact) mass is 423 g/mol. The van der Waals surface area contributed by atoms with E-state index in [4.69, 9.17) is 0 Å². The van der Waals surface area contributed by atoms with E-state index in [2.05, 4.69) is 4.98 Å². The van der Waals surface area contributed by atoms with Gasteiger partial charge in [0.15, 0.2) is 5.75 Å². The number of phenols is 2. The van der Waals surface area contributed by atoms with Crippen LogP contribution in [0.3, 0.4) is 0 Å². The van der Waals surface area contributed by atoms with E-state index in [-0.39, 0.29) is 17.0 Å². The Morgan fingerprint density at radius 3 is 2.47 bits per heavy atom. The number of hydrogen-bond donors (Lipinski definition) is 3. The summed E-state index contributed by atoms with van der Waals surface area (Å²) in [7, 11) is 1.26. The number of nitro groups is 1. The Labute approximate surface area is 165 Å². The largest absolute Gasteiger partial charge is 0.504 e. The van der Waals surface area contributed by atoms with Crippen LogP contribution in [0.2, 0.25) is 0 Å². The van der Waals surface area contributed by atoms with Crippen LogP contribution in [0.15, 0.2) is 36.7 Å². The quantitative estimate of drug-likeness (QED) is 0.330. The first-order chi connectivity index (χ1) is 13.9. The van der Waals surface area contributed by atoms with E-state index in [1.807, 2.05) is 0 Å². The first-order valence-corrected chi connectivity index (χ1v) is 8.08. The molecule has 0 aliphatic rings. The third-order valence-electron chi connectivity index (χ3n) is 4.41. The molecular formula is C18H12F3N3O6. The van der Waals surface area contributed by atoms with Gasteiger partial charge in [0.05, 0.1) is 21.7 Å². The Bertz CT molecular complexity index is 1190. The summed E-state index contributed by atoms with van der Waals surface area (Å²) in [4.78, 5) is 25.5. The smallest absolute Gasteiger partial charge is 0.417 e. The minimum Gasteiger partial charge on any atom is -0.504 e. The highest BCUT2D eigenvalue weighted by Crippen LogP contribution is 2.43. The number of nitrogens with zero attached hydrogens (tertiary/aromatic N) is 3. The van der Waals surface area contributed by atoms with Crippen LogP contribution < -0.4 is 0 Å². The fraction of sp³-hybridized carbons (Fsp3) is 0.111. The molecule has 9 nitrogen and oxygen atoms in total. The number of carboxylic acid groups (broad SMARTS) is 1.